The average Bonchev–Trinajstić information content (AvgIpc) is 3.22. The summed E-state index contributed by atoms with van der Waals surface area (Å²) < 4.78 is 7.41. The number of benzene rings is 1. The minimum Gasteiger partial charge on any atom is -0.466 e. The summed E-state index contributed by atoms with van der Waals surface area (Å²) in [5.41, 5.74) is 2.64. The van der Waals surface area contributed by atoms with Crippen LogP contribution < -0.4 is 10.2 Å². The molecule has 3 heterocycles. The third kappa shape index (κ3) is 4.92. The molecule has 35 heavy (non-hydrogen) atoms. The monoisotopic (exact) mass is 477 g/mol. The predicted octanol–water partition coefficient (Wildman–Crippen LogP) is 4.37. The predicted molar refractivity (Wildman–Crippen MR) is 137 cm³/mol. The van der Waals surface area contributed by atoms with E-state index in [1.54, 1.807) is 0 Å². The molecule has 0 radical (unpaired) electrons. The summed E-state index contributed by atoms with van der Waals surface area (Å²) >= 11 is 0. The number of nitrogens with zero attached hydrogens (tertiary/aromatic N) is 4. The summed E-state index contributed by atoms with van der Waals surface area (Å²) in [7, 11) is 0. The van der Waals surface area contributed by atoms with E-state index in [0.29, 0.717) is 26.2 Å². The smallest absolute Gasteiger partial charge is 0.317 e. The molecule has 2 aliphatic rings. The van der Waals surface area contributed by atoms with Crippen LogP contribution in [0.1, 0.15) is 51.9 Å². The van der Waals surface area contributed by atoms with Crippen molar-refractivity contribution in [3.8, 4) is 0 Å². The van der Waals surface area contributed by atoms with Crippen LogP contribution in [0.5, 0.6) is 0 Å². The van der Waals surface area contributed by atoms with Gasteiger partial charge in [-0.2, -0.15) is 0 Å². The average molecular weight is 478 g/mol. The summed E-state index contributed by atoms with van der Waals surface area (Å²) in [5, 5.41) is 3.27. The maximum atomic E-state index is 13.4. The third-order valence-electron chi connectivity index (χ3n) is 7.40. The lowest BCUT2D eigenvalue weighted by molar-refractivity contribution is -0.145. The number of esters is 1. The van der Waals surface area contributed by atoms with Gasteiger partial charge in [0.05, 0.1) is 35.1 Å². The Kier molecular flexibility index (Phi) is 6.79. The Balaban J connectivity index is 1.31. The Bertz CT molecular complexity index is 1200. The lowest BCUT2D eigenvalue weighted by Gasteiger charge is -2.39. The molecule has 1 N–H and O–H groups in total. The highest BCUT2D eigenvalue weighted by atomic mass is 16.5. The molecule has 5 rings (SSSR count). The van der Waals surface area contributed by atoms with Gasteiger partial charge in [0, 0.05) is 32.4 Å². The Hall–Kier alpha value is -3.29. The lowest BCUT2D eigenvalue weighted by Crippen LogP contribution is -2.55. The number of rotatable bonds is 5. The van der Waals surface area contributed by atoms with E-state index in [0.717, 1.165) is 67.4 Å². The van der Waals surface area contributed by atoms with Crippen molar-refractivity contribution in [1.82, 2.24) is 19.6 Å². The molecule has 186 valence electrons. The number of hydrogen-bond donors (Lipinski definition) is 1. The third-order valence-corrected chi connectivity index (χ3v) is 7.40. The number of fused-ring (bicyclic) bond motifs is 3. The maximum absolute atomic E-state index is 13.4. The Morgan fingerprint density at radius 2 is 1.77 bits per heavy atom. The molecule has 0 bridgehead atoms. The molecular formula is C27H35N5O3. The molecule has 0 spiro atoms. The van der Waals surface area contributed by atoms with E-state index in [1.807, 2.05) is 30.0 Å². The van der Waals surface area contributed by atoms with Gasteiger partial charge in [-0.15, -0.1) is 0 Å². The number of ether oxygens (including phenoxy) is 1. The van der Waals surface area contributed by atoms with Crippen molar-refractivity contribution in [3.63, 3.8) is 0 Å². The number of amides is 2. The van der Waals surface area contributed by atoms with E-state index in [1.165, 1.54) is 0 Å². The van der Waals surface area contributed by atoms with Gasteiger partial charge in [0.1, 0.15) is 0 Å². The fraction of sp³-hybridized carbons (Fsp3) is 0.519. The first kappa shape index (κ1) is 23.5. The zero-order valence-electron chi connectivity index (χ0n) is 20.5. The van der Waals surface area contributed by atoms with Crippen molar-refractivity contribution in [2.24, 2.45) is 0 Å². The first-order chi connectivity index (χ1) is 17.1. The second kappa shape index (κ2) is 10.1. The first-order valence-corrected chi connectivity index (χ1v) is 12.9. The topological polar surface area (TPSA) is 79.2 Å². The van der Waals surface area contributed by atoms with Crippen LogP contribution in [0, 0.1) is 0 Å². The fourth-order valence-corrected chi connectivity index (χ4v) is 5.64. The SMILES string of the molecule is CCOC(=O)CC1(NC(=O)N2CCCN(c3nc4ccccc4n4cccc34)CC2)CCCCC1. The second-order valence-corrected chi connectivity index (χ2v) is 9.77. The largest absolute Gasteiger partial charge is 0.466 e. The van der Waals surface area contributed by atoms with Gasteiger partial charge in [0.25, 0.3) is 0 Å². The molecule has 0 unspecified atom stereocenters. The molecule has 8 nitrogen and oxygen atoms in total. The zero-order valence-corrected chi connectivity index (χ0v) is 20.5. The molecule has 8 heteroatoms. The van der Waals surface area contributed by atoms with Crippen LogP contribution in [0.3, 0.4) is 0 Å². The molecule has 2 amide bonds. The number of carbonyl (C=O) groups excluding carboxylic acids is 2. The Morgan fingerprint density at radius 1 is 0.971 bits per heavy atom. The summed E-state index contributed by atoms with van der Waals surface area (Å²) in [6.45, 7) is 5.03. The highest BCUT2D eigenvalue weighted by Crippen LogP contribution is 2.32. The van der Waals surface area contributed by atoms with Crippen molar-refractivity contribution < 1.29 is 14.3 Å². The van der Waals surface area contributed by atoms with Gasteiger partial charge >= 0.3 is 12.0 Å². The lowest BCUT2D eigenvalue weighted by atomic mass is 9.79. The molecule has 2 fully saturated rings. The van der Waals surface area contributed by atoms with Crippen LogP contribution in [0.25, 0.3) is 16.6 Å². The second-order valence-electron chi connectivity index (χ2n) is 9.77. The summed E-state index contributed by atoms with van der Waals surface area (Å²) in [6, 6.07) is 12.3. The van der Waals surface area contributed by atoms with Crippen LogP contribution in [0.15, 0.2) is 42.6 Å². The summed E-state index contributed by atoms with van der Waals surface area (Å²) in [4.78, 5) is 34.9. The molecule has 2 aromatic heterocycles. The van der Waals surface area contributed by atoms with Crippen molar-refractivity contribution in [3.05, 3.63) is 42.6 Å². The van der Waals surface area contributed by atoms with Crippen molar-refractivity contribution in [1.29, 1.82) is 0 Å². The van der Waals surface area contributed by atoms with Crippen molar-refractivity contribution in [2.75, 3.05) is 37.7 Å². The number of hydrogen-bond acceptors (Lipinski definition) is 5. The molecule has 1 saturated heterocycles. The molecule has 1 saturated carbocycles. The van der Waals surface area contributed by atoms with E-state index in [4.69, 9.17) is 9.72 Å². The molecular weight excluding hydrogens is 442 g/mol. The Morgan fingerprint density at radius 3 is 2.60 bits per heavy atom. The van der Waals surface area contributed by atoms with Gasteiger partial charge < -0.3 is 24.3 Å². The highest BCUT2D eigenvalue weighted by Gasteiger charge is 2.37. The zero-order chi connectivity index (χ0) is 24.3. The van der Waals surface area contributed by atoms with Gasteiger partial charge in [0.2, 0.25) is 0 Å². The number of carbonyl (C=O) groups is 2. The van der Waals surface area contributed by atoms with E-state index in [2.05, 4.69) is 39.0 Å². The molecule has 1 aromatic carbocycles. The first-order valence-electron chi connectivity index (χ1n) is 12.9. The number of anilines is 1. The van der Waals surface area contributed by atoms with Crippen molar-refractivity contribution >= 4 is 34.4 Å². The molecule has 1 aliphatic carbocycles. The van der Waals surface area contributed by atoms with Gasteiger partial charge in [-0.25, -0.2) is 9.78 Å². The Labute approximate surface area is 206 Å². The van der Waals surface area contributed by atoms with Crippen LogP contribution in [0.2, 0.25) is 0 Å². The van der Waals surface area contributed by atoms with Crippen LogP contribution in [-0.2, 0) is 9.53 Å². The van der Waals surface area contributed by atoms with Crippen molar-refractivity contribution in [2.45, 2.75) is 57.4 Å². The quantitative estimate of drug-likeness (QED) is 0.552. The van der Waals surface area contributed by atoms with E-state index >= 15 is 0 Å². The van der Waals surface area contributed by atoms with E-state index in [9.17, 15) is 9.59 Å². The molecule has 0 atom stereocenters. The van der Waals surface area contributed by atoms with Gasteiger partial charge in [-0.1, -0.05) is 31.4 Å². The van der Waals surface area contributed by atoms with E-state index in [-0.39, 0.29) is 18.4 Å². The standard InChI is InChI=1S/C27H35N5O3/c1-2-35-24(33)20-27(13-6-3-7-14-27)29-26(34)31-16-9-15-30(18-19-31)25-23-12-8-17-32(23)22-11-5-4-10-21(22)28-25/h4-5,8,10-12,17H,2-3,6-7,9,13-16,18-20H2,1H3,(H,29,34). The van der Waals surface area contributed by atoms with Crippen LogP contribution >= 0.6 is 0 Å². The molecule has 1 aliphatic heterocycles. The summed E-state index contributed by atoms with van der Waals surface area (Å²) in [6.07, 6.45) is 8.03. The van der Waals surface area contributed by atoms with Crippen LogP contribution in [0.4, 0.5) is 10.6 Å². The van der Waals surface area contributed by atoms with Gasteiger partial charge in [0.15, 0.2) is 5.82 Å². The minimum atomic E-state index is -0.494. The minimum absolute atomic E-state index is 0.0719. The number of aromatic nitrogens is 2. The van der Waals surface area contributed by atoms with Crippen LogP contribution in [-0.4, -0.2) is 64.6 Å². The van der Waals surface area contributed by atoms with Gasteiger partial charge in [-0.3, -0.25) is 4.79 Å². The normalized spacial score (nSPS) is 18.4. The van der Waals surface area contributed by atoms with Gasteiger partial charge in [-0.05, 0) is 50.5 Å². The molecule has 3 aromatic rings. The number of nitrogens with one attached hydrogen (secondary N) is 1. The highest BCUT2D eigenvalue weighted by molar-refractivity contribution is 5.85. The summed E-state index contributed by atoms with van der Waals surface area (Å²) in [5.74, 6) is 0.734. The maximum Gasteiger partial charge on any atom is 0.317 e. The number of urea groups is 1. The number of para-hydroxylation sites is 2. The fourth-order valence-electron chi connectivity index (χ4n) is 5.64. The van der Waals surface area contributed by atoms with E-state index < -0.39 is 5.54 Å².